The van der Waals surface area contributed by atoms with Gasteiger partial charge >= 0.3 is 0 Å². The number of nitrogens with one attached hydrogen (secondary N) is 1. The fourth-order valence-corrected chi connectivity index (χ4v) is 1.84. The molecular weight excluding hydrogens is 320 g/mol. The van der Waals surface area contributed by atoms with Crippen LogP contribution in [-0.4, -0.2) is 4.98 Å². The zero-order valence-corrected chi connectivity index (χ0v) is 11.2. The molecule has 0 spiro atoms. The van der Waals surface area contributed by atoms with E-state index in [1.54, 1.807) is 18.2 Å². The lowest BCUT2D eigenvalue weighted by molar-refractivity contribution is 0.280. The number of hydrogen-bond donors (Lipinski definition) is 2. The van der Waals surface area contributed by atoms with Crippen molar-refractivity contribution in [3.8, 4) is 5.75 Å². The second-order valence-corrected chi connectivity index (χ2v) is 4.56. The molecule has 7 heteroatoms. The highest BCUT2D eigenvalue weighted by Crippen LogP contribution is 2.25. The first-order chi connectivity index (χ1) is 9.10. The average Bonchev–Trinajstić information content (AvgIpc) is 2.41. The van der Waals surface area contributed by atoms with Gasteiger partial charge in [-0.05, 0) is 24.3 Å². The molecule has 4 nitrogen and oxygen atoms in total. The molecule has 100 valence electrons. The lowest BCUT2D eigenvalue weighted by Crippen LogP contribution is -2.10. The number of nitrogens with zero attached hydrogens (tertiary/aromatic N) is 1. The van der Waals surface area contributed by atoms with Crippen LogP contribution in [0.4, 0.5) is 14.6 Å². The lowest BCUT2D eigenvalue weighted by Gasteiger charge is -2.08. The van der Waals surface area contributed by atoms with E-state index in [1.807, 2.05) is 0 Å². The summed E-state index contributed by atoms with van der Waals surface area (Å²) in [4.78, 5) is 4.09. The predicted octanol–water partition coefficient (Wildman–Crippen LogP) is 2.99. The molecule has 1 aromatic heterocycles. The fourth-order valence-electron chi connectivity index (χ4n) is 1.43. The molecule has 2 aromatic rings. The predicted molar refractivity (Wildman–Crippen MR) is 70.4 cm³/mol. The number of benzene rings is 1. The Bertz CT molecular complexity index is 595. The van der Waals surface area contributed by atoms with Crippen LogP contribution >= 0.6 is 15.9 Å². The van der Waals surface area contributed by atoms with Gasteiger partial charge in [-0.25, -0.2) is 15.2 Å². The third kappa shape index (κ3) is 3.39. The third-order valence-electron chi connectivity index (χ3n) is 2.29. The maximum atomic E-state index is 13.5. The molecule has 0 saturated carbocycles. The van der Waals surface area contributed by atoms with Gasteiger partial charge in [0.1, 0.15) is 12.4 Å². The van der Waals surface area contributed by atoms with Crippen LogP contribution in [-0.2, 0) is 6.61 Å². The highest BCUT2D eigenvalue weighted by atomic mass is 79.9. The zero-order chi connectivity index (χ0) is 13.8. The van der Waals surface area contributed by atoms with Crippen molar-refractivity contribution in [2.24, 2.45) is 5.84 Å². The highest BCUT2D eigenvalue weighted by molar-refractivity contribution is 9.10. The van der Waals surface area contributed by atoms with Gasteiger partial charge in [0.2, 0.25) is 5.82 Å². The monoisotopic (exact) mass is 329 g/mol. The van der Waals surface area contributed by atoms with Gasteiger partial charge in [0.15, 0.2) is 11.6 Å². The topological polar surface area (TPSA) is 60.2 Å². The van der Waals surface area contributed by atoms with Gasteiger partial charge in [-0.3, -0.25) is 0 Å². The van der Waals surface area contributed by atoms with Gasteiger partial charge in [0, 0.05) is 4.47 Å². The number of pyridine rings is 1. The zero-order valence-electron chi connectivity index (χ0n) is 9.66. The summed E-state index contributed by atoms with van der Waals surface area (Å²) in [6.07, 6.45) is 0. The first-order valence-corrected chi connectivity index (χ1v) is 6.09. The summed E-state index contributed by atoms with van der Waals surface area (Å²) < 4.78 is 32.2. The van der Waals surface area contributed by atoms with Gasteiger partial charge in [-0.1, -0.05) is 22.0 Å². The molecule has 0 radical (unpaired) electrons. The maximum absolute atomic E-state index is 13.5. The second-order valence-electron chi connectivity index (χ2n) is 3.65. The van der Waals surface area contributed by atoms with Crippen LogP contribution in [0.5, 0.6) is 5.75 Å². The Kier molecular flexibility index (Phi) is 4.28. The van der Waals surface area contributed by atoms with Gasteiger partial charge < -0.3 is 10.2 Å². The van der Waals surface area contributed by atoms with Crippen molar-refractivity contribution in [1.29, 1.82) is 0 Å². The largest absolute Gasteiger partial charge is 0.484 e. The van der Waals surface area contributed by atoms with Crippen LogP contribution in [0.15, 0.2) is 34.8 Å². The molecule has 0 aliphatic rings. The SMILES string of the molecule is NNc1cccc(COc2cc(Br)cc(F)c2F)n1. The molecule has 0 unspecified atom stereocenters. The van der Waals surface area contributed by atoms with E-state index in [-0.39, 0.29) is 12.4 Å². The molecular formula is C12H10BrF2N3O. The molecule has 3 N–H and O–H groups in total. The van der Waals surface area contributed by atoms with E-state index < -0.39 is 11.6 Å². The van der Waals surface area contributed by atoms with Gasteiger partial charge in [0.25, 0.3) is 0 Å². The Morgan fingerprint density at radius 2 is 2.11 bits per heavy atom. The third-order valence-corrected chi connectivity index (χ3v) is 2.75. The highest BCUT2D eigenvalue weighted by Gasteiger charge is 2.11. The van der Waals surface area contributed by atoms with Crippen LogP contribution < -0.4 is 16.0 Å². The Hall–Kier alpha value is -1.73. The minimum Gasteiger partial charge on any atom is -0.484 e. The van der Waals surface area contributed by atoms with E-state index in [9.17, 15) is 8.78 Å². The molecule has 0 aliphatic heterocycles. The molecule has 0 bridgehead atoms. The van der Waals surface area contributed by atoms with Crippen molar-refractivity contribution in [2.45, 2.75) is 6.61 Å². The lowest BCUT2D eigenvalue weighted by atomic mass is 10.3. The first-order valence-electron chi connectivity index (χ1n) is 5.30. The minimum absolute atomic E-state index is 0.00231. The number of nitrogens with two attached hydrogens (primary N) is 1. The quantitative estimate of drug-likeness (QED) is 0.514. The molecule has 19 heavy (non-hydrogen) atoms. The Labute approximate surface area is 116 Å². The molecule has 1 aromatic carbocycles. The number of halogens is 3. The van der Waals surface area contributed by atoms with Crippen molar-refractivity contribution < 1.29 is 13.5 Å². The average molecular weight is 330 g/mol. The normalized spacial score (nSPS) is 10.3. The standard InChI is InChI=1S/C12H10BrF2N3O/c13-7-4-9(14)12(15)10(5-7)19-6-8-2-1-3-11(17-8)18-16/h1-5H,6,16H2,(H,17,18). The summed E-state index contributed by atoms with van der Waals surface area (Å²) in [5.74, 6) is 3.49. The molecule has 2 rings (SSSR count). The first kappa shape index (κ1) is 13.7. The van der Waals surface area contributed by atoms with E-state index in [0.29, 0.717) is 16.0 Å². The molecule has 0 atom stereocenters. The fraction of sp³-hybridized carbons (Fsp3) is 0.0833. The van der Waals surface area contributed by atoms with Crippen molar-refractivity contribution in [1.82, 2.24) is 4.98 Å². The number of hydrogen-bond acceptors (Lipinski definition) is 4. The summed E-state index contributed by atoms with van der Waals surface area (Å²) in [7, 11) is 0. The Balaban J connectivity index is 2.14. The maximum Gasteiger partial charge on any atom is 0.200 e. The number of anilines is 1. The Morgan fingerprint density at radius 3 is 2.84 bits per heavy atom. The van der Waals surface area contributed by atoms with Crippen molar-refractivity contribution in [2.75, 3.05) is 5.43 Å². The summed E-state index contributed by atoms with van der Waals surface area (Å²) in [5, 5.41) is 0. The number of ether oxygens (including phenoxy) is 1. The summed E-state index contributed by atoms with van der Waals surface area (Å²) >= 11 is 3.07. The smallest absolute Gasteiger partial charge is 0.200 e. The van der Waals surface area contributed by atoms with Gasteiger partial charge in [-0.15, -0.1) is 0 Å². The molecule has 0 saturated heterocycles. The van der Waals surface area contributed by atoms with Crippen molar-refractivity contribution in [3.05, 3.63) is 52.1 Å². The molecule has 0 aliphatic carbocycles. The number of hydrazine groups is 1. The minimum atomic E-state index is -1.03. The van der Waals surface area contributed by atoms with E-state index in [2.05, 4.69) is 26.3 Å². The van der Waals surface area contributed by atoms with Gasteiger partial charge in [0.05, 0.1) is 5.69 Å². The second kappa shape index (κ2) is 5.94. The number of rotatable bonds is 4. The van der Waals surface area contributed by atoms with E-state index >= 15 is 0 Å². The van der Waals surface area contributed by atoms with Crippen LogP contribution in [0.3, 0.4) is 0 Å². The van der Waals surface area contributed by atoms with E-state index in [0.717, 1.165) is 6.07 Å². The molecule has 0 fully saturated rings. The van der Waals surface area contributed by atoms with Crippen LogP contribution in [0.2, 0.25) is 0 Å². The Morgan fingerprint density at radius 1 is 1.32 bits per heavy atom. The summed E-state index contributed by atoms with van der Waals surface area (Å²) in [5.41, 5.74) is 2.92. The van der Waals surface area contributed by atoms with Crippen LogP contribution in [0.25, 0.3) is 0 Å². The van der Waals surface area contributed by atoms with Gasteiger partial charge in [-0.2, -0.15) is 4.39 Å². The van der Waals surface area contributed by atoms with E-state index in [1.165, 1.54) is 6.07 Å². The summed E-state index contributed by atoms with van der Waals surface area (Å²) in [6.45, 7) is 0.00231. The van der Waals surface area contributed by atoms with E-state index in [4.69, 9.17) is 10.6 Å². The number of nitrogen functional groups attached to an aromatic ring is 1. The van der Waals surface area contributed by atoms with Crippen molar-refractivity contribution in [3.63, 3.8) is 0 Å². The number of aromatic nitrogens is 1. The molecule has 1 heterocycles. The van der Waals surface area contributed by atoms with Crippen molar-refractivity contribution >= 4 is 21.7 Å². The van der Waals surface area contributed by atoms with Crippen LogP contribution in [0, 0.1) is 11.6 Å². The summed E-state index contributed by atoms with van der Waals surface area (Å²) in [6, 6.07) is 7.46. The van der Waals surface area contributed by atoms with Crippen LogP contribution in [0.1, 0.15) is 5.69 Å². The molecule has 0 amide bonds.